The van der Waals surface area contributed by atoms with Gasteiger partial charge in [-0.1, -0.05) is 0 Å². The number of amides is 1. The van der Waals surface area contributed by atoms with Crippen LogP contribution in [0.1, 0.15) is 15.9 Å². The molecule has 0 fully saturated rings. The molecule has 0 heterocycles. The smallest absolute Gasteiger partial charge is 0.328 e. The molecule has 1 atom stereocenters. The van der Waals surface area contributed by atoms with Crippen molar-refractivity contribution < 1.29 is 32.8 Å². The maximum atomic E-state index is 13.3. The third-order valence-corrected chi connectivity index (χ3v) is 3.81. The van der Waals surface area contributed by atoms with E-state index in [9.17, 15) is 28.5 Å². The van der Waals surface area contributed by atoms with Crippen LogP contribution in [-0.2, 0) is 16.0 Å². The summed E-state index contributed by atoms with van der Waals surface area (Å²) in [5.74, 6) is -3.43. The fourth-order valence-electron chi connectivity index (χ4n) is 2.52. The highest BCUT2D eigenvalue weighted by Gasteiger charge is 2.25. The number of nitrogens with one attached hydrogen (secondary N) is 1. The number of carbonyl (C=O) groups is 2. The summed E-state index contributed by atoms with van der Waals surface area (Å²) in [5.41, 5.74) is -0.312. The zero-order valence-corrected chi connectivity index (χ0v) is 14.9. The predicted molar refractivity (Wildman–Crippen MR) is 93.0 cm³/mol. The zero-order chi connectivity index (χ0) is 20.8. The monoisotopic (exact) mass is 394 g/mol. The van der Waals surface area contributed by atoms with Gasteiger partial charge in [-0.25, -0.2) is 13.6 Å². The third kappa shape index (κ3) is 5.00. The lowest BCUT2D eigenvalue weighted by molar-refractivity contribution is -0.384. The molecule has 1 amide bonds. The fourth-order valence-corrected chi connectivity index (χ4v) is 2.52. The number of hydrogen-bond acceptors (Lipinski definition) is 6. The Balaban J connectivity index is 2.32. The minimum atomic E-state index is -1.28. The second-order valence-corrected chi connectivity index (χ2v) is 5.66. The second kappa shape index (κ2) is 8.89. The van der Waals surface area contributed by atoms with E-state index in [0.29, 0.717) is 6.07 Å². The van der Waals surface area contributed by atoms with Gasteiger partial charge in [0.2, 0.25) is 0 Å². The van der Waals surface area contributed by atoms with Crippen LogP contribution in [0.15, 0.2) is 36.4 Å². The Morgan fingerprint density at radius 1 is 1.14 bits per heavy atom. The number of carbonyl (C=O) groups excluding carboxylic acids is 2. The van der Waals surface area contributed by atoms with Crippen LogP contribution < -0.4 is 10.1 Å². The third-order valence-electron chi connectivity index (χ3n) is 3.81. The molecule has 0 saturated carbocycles. The molecule has 10 heteroatoms. The van der Waals surface area contributed by atoms with Crippen LogP contribution in [0.3, 0.4) is 0 Å². The van der Waals surface area contributed by atoms with E-state index in [0.717, 1.165) is 19.2 Å². The van der Waals surface area contributed by atoms with Gasteiger partial charge in [-0.15, -0.1) is 0 Å². The van der Waals surface area contributed by atoms with Gasteiger partial charge in [-0.2, -0.15) is 0 Å². The average Bonchev–Trinajstić information content (AvgIpc) is 2.65. The molecule has 0 saturated heterocycles. The van der Waals surface area contributed by atoms with Gasteiger partial charge in [0.05, 0.1) is 19.1 Å². The number of ether oxygens (including phenoxy) is 2. The molecular formula is C18H16F2N2O6. The molecule has 0 unspecified atom stereocenters. The van der Waals surface area contributed by atoms with Crippen molar-refractivity contribution in [1.29, 1.82) is 0 Å². The van der Waals surface area contributed by atoms with Crippen molar-refractivity contribution in [2.75, 3.05) is 14.2 Å². The van der Waals surface area contributed by atoms with E-state index < -0.39 is 34.5 Å². The molecule has 0 aliphatic rings. The number of methoxy groups -OCH3 is 2. The predicted octanol–water partition coefficient (Wildman–Crippen LogP) is 2.40. The lowest BCUT2D eigenvalue weighted by Gasteiger charge is -2.18. The van der Waals surface area contributed by atoms with Crippen molar-refractivity contribution in [3.63, 3.8) is 0 Å². The van der Waals surface area contributed by atoms with E-state index in [1.54, 1.807) is 0 Å². The Morgan fingerprint density at radius 3 is 2.32 bits per heavy atom. The fraction of sp³-hybridized carbons (Fsp3) is 0.222. The molecule has 2 rings (SSSR count). The summed E-state index contributed by atoms with van der Waals surface area (Å²) in [4.78, 5) is 34.8. The number of rotatable bonds is 7. The maximum absolute atomic E-state index is 13.3. The van der Waals surface area contributed by atoms with Crippen molar-refractivity contribution in [3.8, 4) is 5.75 Å². The first-order valence-corrected chi connectivity index (χ1v) is 7.91. The first-order valence-electron chi connectivity index (χ1n) is 7.91. The lowest BCUT2D eigenvalue weighted by atomic mass is 10.0. The standard InChI is InChI=1S/C18H16F2N2O6/c1-27-16-4-3-14(22(25)26)7-10(16)8-15(18(24)28-2)21-17(23)11-5-12(19)9-13(20)6-11/h3-7,9,15H,8H2,1-2H3,(H,21,23)/t15-/m0/s1. The topological polar surface area (TPSA) is 108 Å². The largest absolute Gasteiger partial charge is 0.496 e. The average molecular weight is 394 g/mol. The summed E-state index contributed by atoms with van der Waals surface area (Å²) >= 11 is 0. The van der Waals surface area contributed by atoms with Gasteiger partial charge < -0.3 is 14.8 Å². The van der Waals surface area contributed by atoms with Gasteiger partial charge in [0, 0.05) is 35.7 Å². The van der Waals surface area contributed by atoms with Crippen LogP contribution in [-0.4, -0.2) is 37.1 Å². The van der Waals surface area contributed by atoms with Gasteiger partial charge in [0.25, 0.3) is 11.6 Å². The number of nitro benzene ring substituents is 1. The summed E-state index contributed by atoms with van der Waals surface area (Å²) in [6.45, 7) is 0. The van der Waals surface area contributed by atoms with Gasteiger partial charge in [0.1, 0.15) is 23.4 Å². The summed E-state index contributed by atoms with van der Waals surface area (Å²) in [6.07, 6.45) is -0.207. The van der Waals surface area contributed by atoms with Gasteiger partial charge in [-0.05, 0) is 18.2 Å². The van der Waals surface area contributed by atoms with Crippen LogP contribution in [0.25, 0.3) is 0 Å². The first-order chi connectivity index (χ1) is 13.2. The van der Waals surface area contributed by atoms with Gasteiger partial charge >= 0.3 is 5.97 Å². The molecule has 0 bridgehead atoms. The number of esters is 1. The highest BCUT2D eigenvalue weighted by Crippen LogP contribution is 2.25. The second-order valence-electron chi connectivity index (χ2n) is 5.66. The number of non-ortho nitro benzene ring substituents is 1. The van der Waals surface area contributed by atoms with Crippen molar-refractivity contribution in [2.45, 2.75) is 12.5 Å². The van der Waals surface area contributed by atoms with Gasteiger partial charge in [-0.3, -0.25) is 14.9 Å². The Bertz CT molecular complexity index is 899. The number of nitrogens with zero attached hydrogens (tertiary/aromatic N) is 1. The Hall–Kier alpha value is -3.56. The molecule has 1 N–H and O–H groups in total. The molecule has 0 aliphatic heterocycles. The highest BCUT2D eigenvalue weighted by molar-refractivity contribution is 5.96. The van der Waals surface area contributed by atoms with Crippen molar-refractivity contribution in [2.24, 2.45) is 0 Å². The van der Waals surface area contributed by atoms with Crippen molar-refractivity contribution >= 4 is 17.6 Å². The van der Waals surface area contributed by atoms with Crippen LogP contribution in [0.4, 0.5) is 14.5 Å². The lowest BCUT2D eigenvalue weighted by Crippen LogP contribution is -2.43. The molecule has 0 aromatic heterocycles. The van der Waals surface area contributed by atoms with E-state index in [1.165, 1.54) is 25.3 Å². The van der Waals surface area contributed by atoms with Crippen LogP contribution in [0.2, 0.25) is 0 Å². The van der Waals surface area contributed by atoms with Gasteiger partial charge in [0.15, 0.2) is 0 Å². The van der Waals surface area contributed by atoms with Crippen LogP contribution in [0.5, 0.6) is 5.75 Å². The molecular weight excluding hydrogens is 378 g/mol. The highest BCUT2D eigenvalue weighted by atomic mass is 19.1. The zero-order valence-electron chi connectivity index (χ0n) is 14.9. The summed E-state index contributed by atoms with van der Waals surface area (Å²) in [5, 5.41) is 13.3. The van der Waals surface area contributed by atoms with E-state index in [1.807, 2.05) is 0 Å². The van der Waals surface area contributed by atoms with E-state index in [4.69, 9.17) is 4.74 Å². The normalized spacial score (nSPS) is 11.4. The minimum Gasteiger partial charge on any atom is -0.496 e. The van der Waals surface area contributed by atoms with Crippen LogP contribution >= 0.6 is 0 Å². The minimum absolute atomic E-state index is 0.207. The maximum Gasteiger partial charge on any atom is 0.328 e. The summed E-state index contributed by atoms with van der Waals surface area (Å²) in [7, 11) is 2.43. The SMILES string of the molecule is COC(=O)[C@H](Cc1cc([N+](=O)[O-])ccc1OC)NC(=O)c1cc(F)cc(F)c1. The van der Waals surface area contributed by atoms with Crippen LogP contribution in [0, 0.1) is 21.7 Å². The molecule has 2 aromatic carbocycles. The van der Waals surface area contributed by atoms with Crippen molar-refractivity contribution in [3.05, 3.63) is 69.3 Å². The van der Waals surface area contributed by atoms with Crippen molar-refractivity contribution in [1.82, 2.24) is 5.32 Å². The number of nitro groups is 1. The molecule has 8 nitrogen and oxygen atoms in total. The summed E-state index contributed by atoms with van der Waals surface area (Å²) < 4.78 is 36.4. The quantitative estimate of drug-likeness (QED) is 0.439. The van der Waals surface area contributed by atoms with E-state index in [-0.39, 0.29) is 29.0 Å². The number of halogens is 2. The molecule has 0 radical (unpaired) electrons. The Kier molecular flexibility index (Phi) is 6.59. The number of benzene rings is 2. The Labute approximate surface area is 158 Å². The summed E-state index contributed by atoms with van der Waals surface area (Å²) in [6, 6.07) is 4.71. The number of hydrogen-bond donors (Lipinski definition) is 1. The molecule has 2 aromatic rings. The van der Waals surface area contributed by atoms with E-state index in [2.05, 4.69) is 10.1 Å². The van der Waals surface area contributed by atoms with E-state index >= 15 is 0 Å². The molecule has 0 spiro atoms. The molecule has 148 valence electrons. The first kappa shape index (κ1) is 20.7. The molecule has 28 heavy (non-hydrogen) atoms. The Morgan fingerprint density at radius 2 is 1.79 bits per heavy atom. The molecule has 0 aliphatic carbocycles.